The van der Waals surface area contributed by atoms with Crippen LogP contribution in [0.5, 0.6) is 0 Å². The first-order valence-electron chi connectivity index (χ1n) is 10.8. The van der Waals surface area contributed by atoms with Gasteiger partial charge < -0.3 is 4.74 Å². The second kappa shape index (κ2) is 6.51. The van der Waals surface area contributed by atoms with Crippen molar-refractivity contribution in [2.24, 2.45) is 28.6 Å². The summed E-state index contributed by atoms with van der Waals surface area (Å²) < 4.78 is 6.17. The van der Waals surface area contributed by atoms with Crippen molar-refractivity contribution in [3.63, 3.8) is 0 Å². The predicted octanol–water partition coefficient (Wildman–Crippen LogP) is 5.70. The van der Waals surface area contributed by atoms with Crippen LogP contribution in [0.15, 0.2) is 11.6 Å². The van der Waals surface area contributed by atoms with Gasteiger partial charge in [0.2, 0.25) is 0 Å². The summed E-state index contributed by atoms with van der Waals surface area (Å²) in [6.07, 6.45) is 14.7. The van der Waals surface area contributed by atoms with Crippen LogP contribution < -0.4 is 0 Å². The smallest absolute Gasteiger partial charge is 0.139 e. The fourth-order valence-electron chi connectivity index (χ4n) is 6.94. The van der Waals surface area contributed by atoms with E-state index in [1.807, 2.05) is 0 Å². The van der Waals surface area contributed by atoms with E-state index in [-0.39, 0.29) is 5.41 Å². The number of unbranched alkanes of at least 4 members (excludes halogenated alkanes) is 1. The summed E-state index contributed by atoms with van der Waals surface area (Å²) in [5.41, 5.74) is 2.07. The number of allylic oxidation sites excluding steroid dienone is 1. The van der Waals surface area contributed by atoms with Gasteiger partial charge in [0.05, 0.1) is 6.10 Å². The highest BCUT2D eigenvalue weighted by molar-refractivity contribution is 5.87. The normalized spacial score (nSPS) is 46.2. The molecule has 2 nitrogen and oxygen atoms in total. The molecule has 4 aliphatic rings. The summed E-state index contributed by atoms with van der Waals surface area (Å²) in [5.74, 6) is 2.75. The number of Topliss-reactive ketones (excluding diaryl/α,β-unsaturated/α-hetero) is 1. The molecule has 4 aliphatic carbocycles. The average molecular weight is 345 g/mol. The molecule has 2 heteroatoms. The summed E-state index contributed by atoms with van der Waals surface area (Å²) in [5, 5.41) is 0. The van der Waals surface area contributed by atoms with Crippen molar-refractivity contribution in [3.8, 4) is 0 Å². The monoisotopic (exact) mass is 344 g/mol. The Kier molecular flexibility index (Phi) is 4.63. The van der Waals surface area contributed by atoms with Crippen LogP contribution >= 0.6 is 0 Å². The minimum atomic E-state index is 0.00331. The van der Waals surface area contributed by atoms with Crippen molar-refractivity contribution in [3.05, 3.63) is 11.6 Å². The number of ether oxygens (including phenoxy) is 1. The molecule has 0 radical (unpaired) electrons. The summed E-state index contributed by atoms with van der Waals surface area (Å²) in [7, 11) is 0. The van der Waals surface area contributed by atoms with Crippen molar-refractivity contribution in [1.82, 2.24) is 0 Å². The Morgan fingerprint density at radius 3 is 2.68 bits per heavy atom. The topological polar surface area (TPSA) is 26.3 Å². The molecule has 0 aromatic rings. The zero-order valence-electron chi connectivity index (χ0n) is 16.5. The van der Waals surface area contributed by atoms with Crippen LogP contribution in [0.25, 0.3) is 0 Å². The third-order valence-electron chi connectivity index (χ3n) is 8.62. The van der Waals surface area contributed by atoms with Crippen LogP contribution in [0, 0.1) is 28.6 Å². The molecule has 0 saturated heterocycles. The first-order chi connectivity index (χ1) is 12.0. The quantitative estimate of drug-likeness (QED) is 0.483. The van der Waals surface area contributed by atoms with Gasteiger partial charge in [-0.15, -0.1) is 0 Å². The van der Waals surface area contributed by atoms with Gasteiger partial charge in [0.15, 0.2) is 0 Å². The van der Waals surface area contributed by atoms with E-state index in [1.165, 1.54) is 38.5 Å². The molecule has 0 spiro atoms. The number of carbonyl (C=O) groups is 1. The lowest BCUT2D eigenvalue weighted by atomic mass is 9.48. The maximum absolute atomic E-state index is 12.5. The number of carbonyl (C=O) groups excluding carboxylic acids is 1. The number of ketones is 1. The van der Waals surface area contributed by atoms with Gasteiger partial charge in [0.1, 0.15) is 5.78 Å². The molecule has 0 aromatic carbocycles. The lowest BCUT2D eigenvalue weighted by Crippen LogP contribution is -2.50. The summed E-state index contributed by atoms with van der Waals surface area (Å²) >= 11 is 0. The van der Waals surface area contributed by atoms with Crippen molar-refractivity contribution in [1.29, 1.82) is 0 Å². The van der Waals surface area contributed by atoms with Gasteiger partial charge in [-0.2, -0.15) is 0 Å². The zero-order chi connectivity index (χ0) is 17.7. The molecule has 0 unspecified atom stereocenters. The van der Waals surface area contributed by atoms with E-state index in [2.05, 4.69) is 26.8 Å². The number of fused-ring (bicyclic) bond motifs is 5. The maximum atomic E-state index is 12.5. The van der Waals surface area contributed by atoms with Crippen molar-refractivity contribution < 1.29 is 9.53 Å². The number of hydrogen-bond acceptors (Lipinski definition) is 2. The molecule has 0 bridgehead atoms. The van der Waals surface area contributed by atoms with E-state index in [1.54, 1.807) is 5.57 Å². The van der Waals surface area contributed by atoms with Crippen molar-refractivity contribution in [2.45, 2.75) is 91.1 Å². The summed E-state index contributed by atoms with van der Waals surface area (Å²) in [6.45, 7) is 7.98. The molecular weight excluding hydrogens is 308 g/mol. The van der Waals surface area contributed by atoms with Crippen LogP contribution in [-0.2, 0) is 9.53 Å². The molecule has 4 rings (SSSR count). The Hall–Kier alpha value is -0.630. The first kappa shape index (κ1) is 17.8. The Morgan fingerprint density at radius 2 is 1.88 bits per heavy atom. The minimum Gasteiger partial charge on any atom is -0.378 e. The highest BCUT2D eigenvalue weighted by atomic mass is 16.5. The molecule has 0 N–H and O–H groups in total. The van der Waals surface area contributed by atoms with Gasteiger partial charge in [-0.3, -0.25) is 4.79 Å². The van der Waals surface area contributed by atoms with Crippen molar-refractivity contribution in [2.75, 3.05) is 6.61 Å². The summed E-state index contributed by atoms with van der Waals surface area (Å²) in [6, 6.07) is 0. The van der Waals surface area contributed by atoms with Crippen LogP contribution in [0.1, 0.15) is 85.0 Å². The molecule has 3 fully saturated rings. The van der Waals surface area contributed by atoms with Gasteiger partial charge in [-0.05, 0) is 74.5 Å². The molecule has 140 valence electrons. The van der Waals surface area contributed by atoms with Crippen LogP contribution in [0.3, 0.4) is 0 Å². The Morgan fingerprint density at radius 1 is 1.12 bits per heavy atom. The highest BCUT2D eigenvalue weighted by Gasteiger charge is 2.58. The van der Waals surface area contributed by atoms with Crippen LogP contribution in [0.2, 0.25) is 0 Å². The lowest BCUT2D eigenvalue weighted by molar-refractivity contribution is -0.132. The fourth-order valence-corrected chi connectivity index (χ4v) is 6.94. The molecular formula is C23H36O2. The SMILES string of the molecule is CCCCO[C@H]1CC[C@@]2(C)C(=CC[C@@H]3[C@@H]2CC[C@]2(C)C(=O)CC[C@@H]32)C1. The molecule has 0 aliphatic heterocycles. The molecule has 25 heavy (non-hydrogen) atoms. The number of rotatable bonds is 4. The molecule has 0 amide bonds. The van der Waals surface area contributed by atoms with Crippen molar-refractivity contribution >= 4 is 5.78 Å². The lowest BCUT2D eigenvalue weighted by Gasteiger charge is -2.57. The Balaban J connectivity index is 1.51. The fraction of sp³-hybridized carbons (Fsp3) is 0.870. The van der Waals surface area contributed by atoms with Crippen LogP contribution in [-0.4, -0.2) is 18.5 Å². The van der Waals surface area contributed by atoms with Gasteiger partial charge in [0.25, 0.3) is 0 Å². The number of hydrogen-bond donors (Lipinski definition) is 0. The Bertz CT molecular complexity index is 564. The second-order valence-electron chi connectivity index (χ2n) is 9.77. The molecule has 3 saturated carbocycles. The highest BCUT2D eigenvalue weighted by Crippen LogP contribution is 2.64. The van der Waals surface area contributed by atoms with E-state index in [9.17, 15) is 4.79 Å². The third-order valence-corrected chi connectivity index (χ3v) is 8.62. The summed E-state index contributed by atoms with van der Waals surface area (Å²) in [4.78, 5) is 12.5. The van der Waals surface area contributed by atoms with Gasteiger partial charge >= 0.3 is 0 Å². The van der Waals surface area contributed by atoms with Gasteiger partial charge in [0, 0.05) is 18.4 Å². The minimum absolute atomic E-state index is 0.00331. The molecule has 0 aromatic heterocycles. The van der Waals surface area contributed by atoms with Crippen LogP contribution in [0.4, 0.5) is 0 Å². The van der Waals surface area contributed by atoms with E-state index in [0.717, 1.165) is 44.1 Å². The third kappa shape index (κ3) is 2.74. The average Bonchev–Trinajstić information content (AvgIpc) is 2.90. The van der Waals surface area contributed by atoms with E-state index in [4.69, 9.17) is 4.74 Å². The van der Waals surface area contributed by atoms with E-state index < -0.39 is 0 Å². The standard InChI is InChI=1S/C23H36O2/c1-4-5-14-25-17-10-12-22(2)16(15-17)6-7-18-19-8-9-21(24)23(19,3)13-11-20(18)22/h6,17-20H,4-5,7-15H2,1-3H3/t17-,18-,19-,20-,22-,23-/m0/s1. The maximum Gasteiger partial charge on any atom is 0.139 e. The first-order valence-corrected chi connectivity index (χ1v) is 10.8. The van der Waals surface area contributed by atoms with E-state index in [0.29, 0.717) is 23.2 Å². The van der Waals surface area contributed by atoms with Gasteiger partial charge in [-0.1, -0.05) is 38.8 Å². The second-order valence-corrected chi connectivity index (χ2v) is 9.77. The molecule has 6 atom stereocenters. The zero-order valence-corrected chi connectivity index (χ0v) is 16.5. The van der Waals surface area contributed by atoms with Gasteiger partial charge in [-0.25, -0.2) is 0 Å². The van der Waals surface area contributed by atoms with E-state index >= 15 is 0 Å². The molecule has 0 heterocycles. The largest absolute Gasteiger partial charge is 0.378 e. The Labute approximate surface area is 153 Å². The predicted molar refractivity (Wildman–Crippen MR) is 101 cm³/mol.